The van der Waals surface area contributed by atoms with Gasteiger partial charge in [0.05, 0.1) is 19.3 Å². The monoisotopic (exact) mass is 365 g/mol. The van der Waals surface area contributed by atoms with Crippen LogP contribution in [0.15, 0.2) is 24.3 Å². The van der Waals surface area contributed by atoms with E-state index >= 15 is 0 Å². The molecule has 5 nitrogen and oxygen atoms in total. The molecule has 1 saturated heterocycles. The van der Waals surface area contributed by atoms with Crippen LogP contribution >= 0.6 is 11.6 Å². The molecule has 2 fully saturated rings. The zero-order valence-electron chi connectivity index (χ0n) is 14.4. The number of nitrogens with zero attached hydrogens (tertiary/aromatic N) is 1. The number of hydrogen-bond acceptors (Lipinski definition) is 4. The van der Waals surface area contributed by atoms with E-state index in [0.29, 0.717) is 37.0 Å². The Morgan fingerprint density at radius 1 is 1.40 bits per heavy atom. The first-order valence-corrected chi connectivity index (χ1v) is 9.27. The van der Waals surface area contributed by atoms with Gasteiger partial charge in [0.15, 0.2) is 6.10 Å². The Hall–Kier alpha value is -1.59. The number of Topliss-reactive ketones (excluding diaryl/α,β-unsaturated/α-hetero) is 1. The van der Waals surface area contributed by atoms with Crippen LogP contribution in [0.2, 0.25) is 5.02 Å². The summed E-state index contributed by atoms with van der Waals surface area (Å²) >= 11 is 5.97. The van der Waals surface area contributed by atoms with Gasteiger partial charge in [0.2, 0.25) is 0 Å². The molecule has 0 N–H and O–H groups in total. The molecule has 0 aromatic heterocycles. The molecule has 136 valence electrons. The molecule has 0 spiro atoms. The van der Waals surface area contributed by atoms with Gasteiger partial charge in [-0.25, -0.2) is 0 Å². The molecule has 1 saturated carbocycles. The Kier molecular flexibility index (Phi) is 5.97. The summed E-state index contributed by atoms with van der Waals surface area (Å²) < 4.78 is 11.3. The highest BCUT2D eigenvalue weighted by molar-refractivity contribution is 6.30. The molecule has 2 aliphatic rings. The van der Waals surface area contributed by atoms with Gasteiger partial charge in [-0.2, -0.15) is 0 Å². The van der Waals surface area contributed by atoms with Gasteiger partial charge in [0.25, 0.3) is 5.91 Å². The normalized spacial score (nSPS) is 25.5. The van der Waals surface area contributed by atoms with Gasteiger partial charge in [-0.15, -0.1) is 0 Å². The van der Waals surface area contributed by atoms with Crippen molar-refractivity contribution in [1.29, 1.82) is 0 Å². The summed E-state index contributed by atoms with van der Waals surface area (Å²) in [6.07, 6.45) is 2.78. The molecule has 1 aliphatic carbocycles. The number of carbonyl (C=O) groups excluding carboxylic acids is 2. The molecule has 1 aliphatic heterocycles. The van der Waals surface area contributed by atoms with Crippen molar-refractivity contribution in [1.82, 2.24) is 4.90 Å². The fraction of sp³-hybridized carbons (Fsp3) is 0.579. The predicted octanol–water partition coefficient (Wildman–Crippen LogP) is 3.09. The lowest BCUT2D eigenvalue weighted by Crippen LogP contribution is -2.57. The summed E-state index contributed by atoms with van der Waals surface area (Å²) in [7, 11) is 0. The molecule has 1 aromatic rings. The van der Waals surface area contributed by atoms with Crippen LogP contribution in [0, 0.1) is 5.92 Å². The molecular formula is C19H24ClNO4. The average Bonchev–Trinajstić information content (AvgIpc) is 2.61. The molecule has 0 radical (unpaired) electrons. The van der Waals surface area contributed by atoms with Crippen LogP contribution in [-0.2, 0) is 14.3 Å². The second-order valence-electron chi connectivity index (χ2n) is 6.71. The van der Waals surface area contributed by atoms with Crippen LogP contribution in [-0.4, -0.2) is 48.5 Å². The Morgan fingerprint density at radius 2 is 2.24 bits per heavy atom. The first kappa shape index (κ1) is 18.2. The molecule has 0 bridgehead atoms. The number of halogens is 1. The molecule has 1 amide bonds. The van der Waals surface area contributed by atoms with Crippen LogP contribution in [0.3, 0.4) is 0 Å². The van der Waals surface area contributed by atoms with E-state index in [1.54, 1.807) is 36.1 Å². The molecule has 3 rings (SSSR count). The number of rotatable bonds is 4. The fourth-order valence-electron chi connectivity index (χ4n) is 3.67. The molecular weight excluding hydrogens is 342 g/mol. The number of carbonyl (C=O) groups is 2. The third-order valence-electron chi connectivity index (χ3n) is 4.97. The number of amides is 1. The third-order valence-corrected chi connectivity index (χ3v) is 5.21. The van der Waals surface area contributed by atoms with Crippen molar-refractivity contribution in [2.45, 2.75) is 44.8 Å². The highest BCUT2D eigenvalue weighted by Crippen LogP contribution is 2.29. The van der Waals surface area contributed by atoms with Crippen LogP contribution in [0.5, 0.6) is 5.75 Å². The van der Waals surface area contributed by atoms with Crippen molar-refractivity contribution < 1.29 is 19.1 Å². The van der Waals surface area contributed by atoms with Gasteiger partial charge < -0.3 is 14.4 Å². The summed E-state index contributed by atoms with van der Waals surface area (Å²) in [5.74, 6) is 0.595. The van der Waals surface area contributed by atoms with Crippen LogP contribution in [0.1, 0.15) is 32.6 Å². The maximum absolute atomic E-state index is 12.9. The second kappa shape index (κ2) is 8.19. The van der Waals surface area contributed by atoms with Gasteiger partial charge in [-0.05, 0) is 38.0 Å². The Labute approximate surface area is 153 Å². The number of morpholine rings is 1. The maximum atomic E-state index is 12.9. The third kappa shape index (κ3) is 4.33. The van der Waals surface area contributed by atoms with E-state index in [1.807, 2.05) is 0 Å². The van der Waals surface area contributed by atoms with Gasteiger partial charge in [0, 0.05) is 23.9 Å². The minimum Gasteiger partial charge on any atom is -0.481 e. The van der Waals surface area contributed by atoms with Crippen molar-refractivity contribution in [2.24, 2.45) is 5.92 Å². The lowest BCUT2D eigenvalue weighted by Gasteiger charge is -2.41. The van der Waals surface area contributed by atoms with E-state index in [4.69, 9.17) is 21.1 Å². The zero-order valence-corrected chi connectivity index (χ0v) is 15.2. The standard InChI is InChI=1S/C19H24ClNO4/c1-13(25-15-6-4-5-14(20)11-15)19(23)21-9-10-24-12-17(21)16-7-2-3-8-18(16)22/h4-6,11,13,16-17H,2-3,7-10,12H2,1H3. The number of ether oxygens (including phenoxy) is 2. The Bertz CT molecular complexity index is 636. The summed E-state index contributed by atoms with van der Waals surface area (Å²) in [5.41, 5.74) is 0. The van der Waals surface area contributed by atoms with Crippen LogP contribution < -0.4 is 4.74 Å². The lowest BCUT2D eigenvalue weighted by atomic mass is 9.82. The highest BCUT2D eigenvalue weighted by atomic mass is 35.5. The van der Waals surface area contributed by atoms with E-state index in [0.717, 1.165) is 19.3 Å². The molecule has 6 heteroatoms. The highest BCUT2D eigenvalue weighted by Gasteiger charge is 2.39. The number of hydrogen-bond donors (Lipinski definition) is 0. The van der Waals surface area contributed by atoms with E-state index < -0.39 is 6.10 Å². The Morgan fingerprint density at radius 3 is 3.00 bits per heavy atom. The Balaban J connectivity index is 1.70. The molecule has 1 aromatic carbocycles. The van der Waals surface area contributed by atoms with E-state index in [9.17, 15) is 9.59 Å². The SMILES string of the molecule is CC(Oc1cccc(Cl)c1)C(=O)N1CCOCC1C1CCCCC1=O. The maximum Gasteiger partial charge on any atom is 0.263 e. The van der Waals surface area contributed by atoms with Crippen LogP contribution in [0.25, 0.3) is 0 Å². The summed E-state index contributed by atoms with van der Waals surface area (Å²) in [5, 5.41) is 0.564. The van der Waals surface area contributed by atoms with Gasteiger partial charge in [-0.3, -0.25) is 9.59 Å². The van der Waals surface area contributed by atoms with Crippen LogP contribution in [0.4, 0.5) is 0 Å². The minimum absolute atomic E-state index is 0.105. The molecule has 3 unspecified atom stereocenters. The predicted molar refractivity (Wildman–Crippen MR) is 94.8 cm³/mol. The van der Waals surface area contributed by atoms with E-state index in [-0.39, 0.29) is 23.7 Å². The van der Waals surface area contributed by atoms with Gasteiger partial charge in [-0.1, -0.05) is 24.1 Å². The quantitative estimate of drug-likeness (QED) is 0.822. The van der Waals surface area contributed by atoms with Crippen molar-refractivity contribution in [3.05, 3.63) is 29.3 Å². The summed E-state index contributed by atoms with van der Waals surface area (Å²) in [6.45, 7) is 3.15. The molecule has 1 heterocycles. The average molecular weight is 366 g/mol. The topological polar surface area (TPSA) is 55.8 Å². The smallest absolute Gasteiger partial charge is 0.263 e. The zero-order chi connectivity index (χ0) is 17.8. The first-order chi connectivity index (χ1) is 12.1. The first-order valence-electron chi connectivity index (χ1n) is 8.89. The number of benzene rings is 1. The lowest BCUT2D eigenvalue weighted by molar-refractivity contribution is -0.152. The fourth-order valence-corrected chi connectivity index (χ4v) is 3.86. The van der Waals surface area contributed by atoms with Gasteiger partial charge in [0.1, 0.15) is 11.5 Å². The van der Waals surface area contributed by atoms with E-state index in [2.05, 4.69) is 0 Å². The van der Waals surface area contributed by atoms with Crippen molar-refractivity contribution in [3.63, 3.8) is 0 Å². The summed E-state index contributed by atoms with van der Waals surface area (Å²) in [6, 6.07) is 6.82. The largest absolute Gasteiger partial charge is 0.481 e. The van der Waals surface area contributed by atoms with E-state index in [1.165, 1.54) is 0 Å². The van der Waals surface area contributed by atoms with Crippen molar-refractivity contribution >= 4 is 23.3 Å². The summed E-state index contributed by atoms with van der Waals surface area (Å²) in [4.78, 5) is 27.1. The van der Waals surface area contributed by atoms with Gasteiger partial charge >= 0.3 is 0 Å². The number of ketones is 1. The van der Waals surface area contributed by atoms with Crippen molar-refractivity contribution in [3.8, 4) is 5.75 Å². The minimum atomic E-state index is -0.641. The second-order valence-corrected chi connectivity index (χ2v) is 7.15. The molecule has 3 atom stereocenters. The molecule has 25 heavy (non-hydrogen) atoms. The van der Waals surface area contributed by atoms with Crippen molar-refractivity contribution in [2.75, 3.05) is 19.8 Å².